The van der Waals surface area contributed by atoms with E-state index in [9.17, 15) is 0 Å². The van der Waals surface area contributed by atoms with Crippen molar-refractivity contribution in [2.45, 2.75) is 59.4 Å². The average Bonchev–Trinajstić information content (AvgIpc) is 2.25. The van der Waals surface area contributed by atoms with Crippen molar-refractivity contribution in [3.8, 4) is 0 Å². The Morgan fingerprint density at radius 2 is 2.00 bits per heavy atom. The highest BCUT2D eigenvalue weighted by molar-refractivity contribution is 4.80. The minimum atomic E-state index is 0.655. The second-order valence-electron chi connectivity index (χ2n) is 6.28. The van der Waals surface area contributed by atoms with Gasteiger partial charge in [-0.2, -0.15) is 0 Å². The maximum absolute atomic E-state index is 5.59. The molecule has 1 aliphatic carbocycles. The molecule has 0 amide bonds. The van der Waals surface area contributed by atoms with Gasteiger partial charge < -0.3 is 10.1 Å². The summed E-state index contributed by atoms with van der Waals surface area (Å²) in [5.74, 6) is 2.43. The van der Waals surface area contributed by atoms with E-state index in [4.69, 9.17) is 4.74 Å². The predicted octanol–water partition coefficient (Wildman–Crippen LogP) is 3.46. The van der Waals surface area contributed by atoms with Crippen LogP contribution in [-0.2, 0) is 4.74 Å². The van der Waals surface area contributed by atoms with Gasteiger partial charge >= 0.3 is 0 Å². The normalized spacial score (nSPS) is 29.8. The van der Waals surface area contributed by atoms with E-state index >= 15 is 0 Å². The largest absolute Gasteiger partial charge is 0.381 e. The van der Waals surface area contributed by atoms with Gasteiger partial charge in [-0.15, -0.1) is 0 Å². The quantitative estimate of drug-likeness (QED) is 0.689. The van der Waals surface area contributed by atoms with Crippen LogP contribution in [-0.4, -0.2) is 25.8 Å². The third kappa shape index (κ3) is 6.42. The summed E-state index contributed by atoms with van der Waals surface area (Å²) in [4.78, 5) is 0. The summed E-state index contributed by atoms with van der Waals surface area (Å²) >= 11 is 0. The van der Waals surface area contributed by atoms with E-state index in [-0.39, 0.29) is 0 Å². The molecule has 1 saturated carbocycles. The molecule has 0 radical (unpaired) electrons. The van der Waals surface area contributed by atoms with Crippen molar-refractivity contribution in [1.29, 1.82) is 0 Å². The highest BCUT2D eigenvalue weighted by Gasteiger charge is 2.24. The summed E-state index contributed by atoms with van der Waals surface area (Å²) < 4.78 is 5.59. The van der Waals surface area contributed by atoms with Gasteiger partial charge in [-0.1, -0.05) is 27.7 Å². The Hall–Kier alpha value is -0.0800. The fourth-order valence-electron chi connectivity index (χ4n) is 2.75. The molecule has 0 aromatic rings. The Balaban J connectivity index is 1.99. The topological polar surface area (TPSA) is 21.3 Å². The Kier molecular flexibility index (Phi) is 7.14. The van der Waals surface area contributed by atoms with Crippen LogP contribution in [0.25, 0.3) is 0 Å². The SMILES string of the molecule is CC(C)COCCCNC1CCC(C)CC1C. The summed E-state index contributed by atoms with van der Waals surface area (Å²) in [6.07, 6.45) is 5.29. The maximum Gasteiger partial charge on any atom is 0.0489 e. The second-order valence-corrected chi connectivity index (χ2v) is 6.28. The van der Waals surface area contributed by atoms with Crippen LogP contribution >= 0.6 is 0 Å². The molecule has 0 aromatic carbocycles. The van der Waals surface area contributed by atoms with Crippen LogP contribution in [0.2, 0.25) is 0 Å². The molecule has 1 aliphatic rings. The average molecular weight is 241 g/mol. The van der Waals surface area contributed by atoms with Gasteiger partial charge in [0.2, 0.25) is 0 Å². The van der Waals surface area contributed by atoms with Crippen molar-refractivity contribution < 1.29 is 4.74 Å². The summed E-state index contributed by atoms with van der Waals surface area (Å²) in [6, 6.07) is 0.747. The van der Waals surface area contributed by atoms with Crippen molar-refractivity contribution in [3.05, 3.63) is 0 Å². The number of hydrogen-bond acceptors (Lipinski definition) is 2. The molecule has 2 nitrogen and oxygen atoms in total. The Morgan fingerprint density at radius 3 is 2.65 bits per heavy atom. The molecule has 3 unspecified atom stereocenters. The highest BCUT2D eigenvalue weighted by Crippen LogP contribution is 2.28. The Labute approximate surface area is 108 Å². The fourth-order valence-corrected chi connectivity index (χ4v) is 2.75. The molecule has 1 N–H and O–H groups in total. The van der Waals surface area contributed by atoms with Crippen LogP contribution in [0.5, 0.6) is 0 Å². The Bertz CT molecular complexity index is 193. The number of hydrogen-bond donors (Lipinski definition) is 1. The lowest BCUT2D eigenvalue weighted by Gasteiger charge is -2.33. The zero-order valence-electron chi connectivity index (χ0n) is 12.2. The molecule has 0 bridgehead atoms. The molecule has 0 aromatic heterocycles. The zero-order valence-corrected chi connectivity index (χ0v) is 12.2. The first kappa shape index (κ1) is 15.0. The van der Waals surface area contributed by atoms with E-state index in [2.05, 4.69) is 33.0 Å². The summed E-state index contributed by atoms with van der Waals surface area (Å²) in [6.45, 7) is 12.1. The molecule has 17 heavy (non-hydrogen) atoms. The highest BCUT2D eigenvalue weighted by atomic mass is 16.5. The number of ether oxygens (including phenoxy) is 1. The van der Waals surface area contributed by atoms with Gasteiger partial charge in [0.15, 0.2) is 0 Å². The molecule has 1 fully saturated rings. The van der Waals surface area contributed by atoms with E-state index < -0.39 is 0 Å². The summed E-state index contributed by atoms with van der Waals surface area (Å²) in [7, 11) is 0. The van der Waals surface area contributed by atoms with Crippen molar-refractivity contribution in [2.24, 2.45) is 17.8 Å². The molecule has 102 valence electrons. The first-order chi connectivity index (χ1) is 8.09. The molecule has 0 heterocycles. The van der Waals surface area contributed by atoms with Gasteiger partial charge in [0.1, 0.15) is 0 Å². The lowest BCUT2D eigenvalue weighted by atomic mass is 9.80. The minimum Gasteiger partial charge on any atom is -0.381 e. The van der Waals surface area contributed by atoms with E-state index in [1.807, 2.05) is 0 Å². The zero-order chi connectivity index (χ0) is 12.7. The molecular formula is C15H31NO. The van der Waals surface area contributed by atoms with Crippen LogP contribution in [0.3, 0.4) is 0 Å². The van der Waals surface area contributed by atoms with Gasteiger partial charge in [-0.25, -0.2) is 0 Å². The predicted molar refractivity (Wildman–Crippen MR) is 74.2 cm³/mol. The number of rotatable bonds is 7. The third-order valence-corrected chi connectivity index (χ3v) is 3.75. The lowest BCUT2D eigenvalue weighted by Crippen LogP contribution is -2.39. The van der Waals surface area contributed by atoms with E-state index in [1.165, 1.54) is 19.3 Å². The maximum atomic E-state index is 5.59. The van der Waals surface area contributed by atoms with E-state index in [1.54, 1.807) is 0 Å². The molecule has 0 spiro atoms. The van der Waals surface area contributed by atoms with Crippen molar-refractivity contribution in [2.75, 3.05) is 19.8 Å². The molecule has 2 heteroatoms. The standard InChI is InChI=1S/C15H31NO/c1-12(2)11-17-9-5-8-16-15-7-6-13(3)10-14(15)4/h12-16H,5-11H2,1-4H3. The molecule has 0 aliphatic heterocycles. The van der Waals surface area contributed by atoms with Gasteiger partial charge in [0.05, 0.1) is 0 Å². The van der Waals surface area contributed by atoms with Gasteiger partial charge in [0.25, 0.3) is 0 Å². The van der Waals surface area contributed by atoms with Crippen molar-refractivity contribution in [1.82, 2.24) is 5.32 Å². The van der Waals surface area contributed by atoms with Crippen LogP contribution in [0.4, 0.5) is 0 Å². The van der Waals surface area contributed by atoms with Crippen LogP contribution in [0.1, 0.15) is 53.4 Å². The van der Waals surface area contributed by atoms with E-state index in [0.29, 0.717) is 5.92 Å². The van der Waals surface area contributed by atoms with E-state index in [0.717, 1.165) is 44.1 Å². The van der Waals surface area contributed by atoms with Crippen LogP contribution in [0, 0.1) is 17.8 Å². The van der Waals surface area contributed by atoms with Crippen LogP contribution < -0.4 is 5.32 Å². The third-order valence-electron chi connectivity index (χ3n) is 3.75. The minimum absolute atomic E-state index is 0.655. The molecule has 1 rings (SSSR count). The molecule has 0 saturated heterocycles. The first-order valence-electron chi connectivity index (χ1n) is 7.40. The smallest absolute Gasteiger partial charge is 0.0489 e. The number of nitrogens with one attached hydrogen (secondary N) is 1. The second kappa shape index (κ2) is 8.10. The first-order valence-corrected chi connectivity index (χ1v) is 7.40. The monoisotopic (exact) mass is 241 g/mol. The van der Waals surface area contributed by atoms with Crippen molar-refractivity contribution in [3.63, 3.8) is 0 Å². The van der Waals surface area contributed by atoms with Gasteiger partial charge in [-0.05, 0) is 50.0 Å². The lowest BCUT2D eigenvalue weighted by molar-refractivity contribution is 0.106. The molecular weight excluding hydrogens is 210 g/mol. The van der Waals surface area contributed by atoms with Crippen molar-refractivity contribution >= 4 is 0 Å². The molecule has 3 atom stereocenters. The summed E-state index contributed by atoms with van der Waals surface area (Å²) in [5.41, 5.74) is 0. The van der Waals surface area contributed by atoms with Gasteiger partial charge in [-0.3, -0.25) is 0 Å². The summed E-state index contributed by atoms with van der Waals surface area (Å²) in [5, 5.41) is 3.70. The van der Waals surface area contributed by atoms with Crippen LogP contribution in [0.15, 0.2) is 0 Å². The fraction of sp³-hybridized carbons (Fsp3) is 1.00. The van der Waals surface area contributed by atoms with Gasteiger partial charge in [0, 0.05) is 19.3 Å². The Morgan fingerprint density at radius 1 is 1.24 bits per heavy atom.